The maximum Gasteiger partial charge on any atom is 0.335 e. The summed E-state index contributed by atoms with van der Waals surface area (Å²) >= 11 is 0. The van der Waals surface area contributed by atoms with Crippen molar-refractivity contribution < 1.29 is 14.7 Å². The smallest absolute Gasteiger partial charge is 0.335 e. The van der Waals surface area contributed by atoms with E-state index in [0.717, 1.165) is 5.56 Å². The second kappa shape index (κ2) is 8.63. The number of carbonyl (C=O) groups is 2. The van der Waals surface area contributed by atoms with Gasteiger partial charge in [-0.05, 0) is 23.8 Å². The predicted molar refractivity (Wildman–Crippen MR) is 84.9 cm³/mol. The highest BCUT2D eigenvalue weighted by atomic mass is 35.5. The molecule has 7 heteroatoms. The Morgan fingerprint density at radius 1 is 1.27 bits per heavy atom. The normalized spacial score (nSPS) is 10.2. The third-order valence-electron chi connectivity index (χ3n) is 2.81. The lowest BCUT2D eigenvalue weighted by molar-refractivity contribution is -0.116. The fourth-order valence-corrected chi connectivity index (χ4v) is 1.69. The van der Waals surface area contributed by atoms with Crippen molar-refractivity contribution in [1.82, 2.24) is 14.9 Å². The van der Waals surface area contributed by atoms with Crippen molar-refractivity contribution in [3.8, 4) is 0 Å². The van der Waals surface area contributed by atoms with Crippen LogP contribution in [0.25, 0.3) is 6.08 Å². The van der Waals surface area contributed by atoms with Gasteiger partial charge in [0, 0.05) is 31.6 Å². The summed E-state index contributed by atoms with van der Waals surface area (Å²) < 4.78 is 1.87. The van der Waals surface area contributed by atoms with Crippen LogP contribution in [0, 0.1) is 0 Å². The standard InChI is InChI=1S/C15H15N3O3.ClH/c19-14(17-8-10-18-9-7-16-11-18)6-3-12-1-4-13(5-2-12)15(20)21;/h1-7,9,11H,8,10H2,(H,17,19)(H,20,21);1H. The molecule has 0 aliphatic rings. The number of benzene rings is 1. The van der Waals surface area contributed by atoms with Gasteiger partial charge in [-0.25, -0.2) is 9.78 Å². The van der Waals surface area contributed by atoms with Crippen molar-refractivity contribution in [2.24, 2.45) is 0 Å². The van der Waals surface area contributed by atoms with E-state index in [-0.39, 0.29) is 23.9 Å². The van der Waals surface area contributed by atoms with Crippen molar-refractivity contribution in [2.45, 2.75) is 6.54 Å². The molecule has 0 saturated carbocycles. The fourth-order valence-electron chi connectivity index (χ4n) is 1.69. The summed E-state index contributed by atoms with van der Waals surface area (Å²) in [5, 5.41) is 11.5. The third kappa shape index (κ3) is 5.41. The minimum atomic E-state index is -0.970. The van der Waals surface area contributed by atoms with E-state index in [1.165, 1.54) is 18.2 Å². The number of nitrogens with zero attached hydrogens (tertiary/aromatic N) is 2. The van der Waals surface area contributed by atoms with E-state index in [0.29, 0.717) is 13.1 Å². The minimum absolute atomic E-state index is 0. The van der Waals surface area contributed by atoms with Gasteiger partial charge in [0.05, 0.1) is 11.9 Å². The number of halogens is 1. The number of hydrogen-bond donors (Lipinski definition) is 2. The van der Waals surface area contributed by atoms with Gasteiger partial charge in [-0.3, -0.25) is 4.79 Å². The van der Waals surface area contributed by atoms with Crippen LogP contribution in [-0.4, -0.2) is 33.1 Å². The number of rotatable bonds is 6. The number of aromatic carboxylic acids is 1. The monoisotopic (exact) mass is 321 g/mol. The third-order valence-corrected chi connectivity index (χ3v) is 2.81. The first-order chi connectivity index (χ1) is 10.1. The number of hydrogen-bond acceptors (Lipinski definition) is 3. The quantitative estimate of drug-likeness (QED) is 0.795. The average Bonchev–Trinajstić information content (AvgIpc) is 2.99. The molecule has 0 bridgehead atoms. The summed E-state index contributed by atoms with van der Waals surface area (Å²) in [6.45, 7) is 1.17. The molecule has 0 unspecified atom stereocenters. The van der Waals surface area contributed by atoms with Gasteiger partial charge in [-0.2, -0.15) is 0 Å². The lowest BCUT2D eigenvalue weighted by Gasteiger charge is -2.02. The Labute approximate surface area is 133 Å². The van der Waals surface area contributed by atoms with Crippen molar-refractivity contribution >= 4 is 30.4 Å². The number of carboxylic acids is 1. The van der Waals surface area contributed by atoms with Gasteiger partial charge in [0.1, 0.15) is 0 Å². The van der Waals surface area contributed by atoms with Gasteiger partial charge in [0.15, 0.2) is 0 Å². The van der Waals surface area contributed by atoms with E-state index in [9.17, 15) is 9.59 Å². The first-order valence-corrected chi connectivity index (χ1v) is 6.40. The highest BCUT2D eigenvalue weighted by Crippen LogP contribution is 2.06. The molecular formula is C15H16ClN3O3. The lowest BCUT2D eigenvalue weighted by atomic mass is 10.1. The molecule has 22 heavy (non-hydrogen) atoms. The number of nitrogens with one attached hydrogen (secondary N) is 1. The molecule has 0 saturated heterocycles. The first-order valence-electron chi connectivity index (χ1n) is 6.40. The topological polar surface area (TPSA) is 84.2 Å². The molecule has 2 N–H and O–H groups in total. The van der Waals surface area contributed by atoms with Gasteiger partial charge in [-0.15, -0.1) is 12.4 Å². The maximum absolute atomic E-state index is 11.6. The molecule has 0 spiro atoms. The second-order valence-corrected chi connectivity index (χ2v) is 4.35. The van der Waals surface area contributed by atoms with Gasteiger partial charge >= 0.3 is 5.97 Å². The number of imidazole rings is 1. The fraction of sp³-hybridized carbons (Fsp3) is 0.133. The van der Waals surface area contributed by atoms with Crippen LogP contribution in [-0.2, 0) is 11.3 Å². The van der Waals surface area contributed by atoms with E-state index in [4.69, 9.17) is 5.11 Å². The Balaban J connectivity index is 0.00000242. The highest BCUT2D eigenvalue weighted by Gasteiger charge is 2.00. The Morgan fingerprint density at radius 2 is 2.00 bits per heavy atom. The number of carboxylic acid groups (broad SMARTS) is 1. The van der Waals surface area contributed by atoms with Gasteiger partial charge in [0.25, 0.3) is 0 Å². The molecule has 1 heterocycles. The van der Waals surface area contributed by atoms with Crippen molar-refractivity contribution in [3.63, 3.8) is 0 Å². The maximum atomic E-state index is 11.6. The van der Waals surface area contributed by atoms with E-state index in [1.54, 1.807) is 30.7 Å². The minimum Gasteiger partial charge on any atom is -0.478 e. The number of carbonyl (C=O) groups excluding carboxylic acids is 1. The Bertz CT molecular complexity index is 637. The molecule has 6 nitrogen and oxygen atoms in total. The van der Waals surface area contributed by atoms with Crippen LogP contribution in [0.15, 0.2) is 49.1 Å². The van der Waals surface area contributed by atoms with Gasteiger partial charge in [0.2, 0.25) is 5.91 Å². The summed E-state index contributed by atoms with van der Waals surface area (Å²) in [5.41, 5.74) is 0.988. The first kappa shape index (κ1) is 17.5. The zero-order valence-corrected chi connectivity index (χ0v) is 12.5. The Kier molecular flexibility index (Phi) is 6.85. The summed E-state index contributed by atoms with van der Waals surface area (Å²) in [7, 11) is 0. The summed E-state index contributed by atoms with van der Waals surface area (Å²) in [4.78, 5) is 26.2. The molecular weight excluding hydrogens is 306 g/mol. The van der Waals surface area contributed by atoms with Crippen LogP contribution in [0.3, 0.4) is 0 Å². The molecule has 1 aromatic heterocycles. The summed E-state index contributed by atoms with van der Waals surface area (Å²) in [6, 6.07) is 6.30. The number of aromatic nitrogens is 2. The molecule has 0 radical (unpaired) electrons. The van der Waals surface area contributed by atoms with Crippen LogP contribution < -0.4 is 5.32 Å². The number of amides is 1. The Hall–Kier alpha value is -2.60. The van der Waals surface area contributed by atoms with E-state index >= 15 is 0 Å². The lowest BCUT2D eigenvalue weighted by Crippen LogP contribution is -2.25. The molecule has 2 aromatic rings. The van der Waals surface area contributed by atoms with Gasteiger partial charge < -0.3 is 15.0 Å². The molecule has 1 aromatic carbocycles. The highest BCUT2D eigenvalue weighted by molar-refractivity contribution is 5.92. The molecule has 0 fully saturated rings. The van der Waals surface area contributed by atoms with E-state index in [1.807, 2.05) is 10.8 Å². The summed E-state index contributed by atoms with van der Waals surface area (Å²) in [5.74, 6) is -1.17. The van der Waals surface area contributed by atoms with Crippen molar-refractivity contribution in [1.29, 1.82) is 0 Å². The van der Waals surface area contributed by atoms with E-state index < -0.39 is 5.97 Å². The zero-order chi connectivity index (χ0) is 15.1. The van der Waals surface area contributed by atoms with Crippen LogP contribution in [0.2, 0.25) is 0 Å². The Morgan fingerprint density at radius 3 is 2.59 bits per heavy atom. The molecule has 0 atom stereocenters. The second-order valence-electron chi connectivity index (χ2n) is 4.35. The largest absolute Gasteiger partial charge is 0.478 e. The van der Waals surface area contributed by atoms with Crippen molar-refractivity contribution in [3.05, 3.63) is 60.2 Å². The predicted octanol–water partition coefficient (Wildman–Crippen LogP) is 1.83. The van der Waals surface area contributed by atoms with E-state index in [2.05, 4.69) is 10.3 Å². The van der Waals surface area contributed by atoms with Crippen LogP contribution in [0.4, 0.5) is 0 Å². The molecule has 116 valence electrons. The SMILES string of the molecule is Cl.O=C(C=Cc1ccc(C(=O)O)cc1)NCCn1ccnc1. The summed E-state index contributed by atoms with van der Waals surface area (Å²) in [6.07, 6.45) is 8.25. The van der Waals surface area contributed by atoms with Crippen LogP contribution in [0.5, 0.6) is 0 Å². The van der Waals surface area contributed by atoms with Gasteiger partial charge in [-0.1, -0.05) is 12.1 Å². The molecule has 2 rings (SSSR count). The molecule has 0 aliphatic heterocycles. The molecule has 0 aliphatic carbocycles. The average molecular weight is 322 g/mol. The zero-order valence-electron chi connectivity index (χ0n) is 11.7. The molecule has 1 amide bonds. The van der Waals surface area contributed by atoms with Crippen LogP contribution in [0.1, 0.15) is 15.9 Å². The van der Waals surface area contributed by atoms with Crippen molar-refractivity contribution in [2.75, 3.05) is 6.54 Å². The van der Waals surface area contributed by atoms with Crippen LogP contribution >= 0.6 is 12.4 Å².